The third-order valence-corrected chi connectivity index (χ3v) is 4.53. The number of rotatable bonds is 2. The van der Waals surface area contributed by atoms with Gasteiger partial charge in [0.1, 0.15) is 0 Å². The van der Waals surface area contributed by atoms with Gasteiger partial charge in [-0.05, 0) is 19.3 Å². The summed E-state index contributed by atoms with van der Waals surface area (Å²) in [5, 5.41) is 3.06. The van der Waals surface area contributed by atoms with Gasteiger partial charge in [0.2, 0.25) is 0 Å². The lowest BCUT2D eigenvalue weighted by Gasteiger charge is -2.26. The molecule has 1 aliphatic carbocycles. The Labute approximate surface area is 123 Å². The first-order valence-electron chi connectivity index (χ1n) is 7.69. The Morgan fingerprint density at radius 1 is 1.14 bits per heavy atom. The molecule has 7 heteroatoms. The maximum Gasteiger partial charge on any atom is 0.417 e. The highest BCUT2D eigenvalue weighted by molar-refractivity contribution is 5.98. The molecule has 0 radical (unpaired) electrons. The van der Waals surface area contributed by atoms with Crippen molar-refractivity contribution in [1.29, 1.82) is 0 Å². The summed E-state index contributed by atoms with van der Waals surface area (Å²) in [7, 11) is 0. The molecule has 4 amide bonds. The number of nitrogens with one attached hydrogen (secondary N) is 1. The average Bonchev–Trinajstić information content (AvgIpc) is 3.07. The van der Waals surface area contributed by atoms with Crippen molar-refractivity contribution in [3.63, 3.8) is 0 Å². The van der Waals surface area contributed by atoms with Crippen LogP contribution in [0, 0.1) is 0 Å². The average molecular weight is 295 g/mol. The second-order valence-electron chi connectivity index (χ2n) is 5.99. The monoisotopic (exact) mass is 295 g/mol. The molecule has 0 spiro atoms. The number of hydrogen-bond donors (Lipinski definition) is 1. The lowest BCUT2D eigenvalue weighted by atomic mass is 9.96. The van der Waals surface area contributed by atoms with E-state index in [4.69, 9.17) is 4.74 Å². The maximum absolute atomic E-state index is 12.2. The van der Waals surface area contributed by atoms with E-state index in [9.17, 15) is 14.4 Å². The van der Waals surface area contributed by atoms with Crippen LogP contribution in [0.1, 0.15) is 38.5 Å². The Hall–Kier alpha value is -1.79. The fourth-order valence-corrected chi connectivity index (χ4v) is 3.37. The molecule has 116 valence electrons. The maximum atomic E-state index is 12.2. The first kappa shape index (κ1) is 14.2. The van der Waals surface area contributed by atoms with E-state index in [0.29, 0.717) is 19.5 Å². The van der Waals surface area contributed by atoms with E-state index < -0.39 is 6.09 Å². The number of hydrogen-bond acceptors (Lipinski definition) is 4. The minimum Gasteiger partial charge on any atom is -0.439 e. The summed E-state index contributed by atoms with van der Waals surface area (Å²) >= 11 is 0. The van der Waals surface area contributed by atoms with E-state index in [2.05, 4.69) is 5.32 Å². The first-order valence-corrected chi connectivity index (χ1v) is 7.69. The summed E-state index contributed by atoms with van der Waals surface area (Å²) in [5.41, 5.74) is 0. The standard InChI is InChI=1S/C14H21N3O4/c18-12-9-21-14(20)17(12)11-6-7-16(8-11)13(19)15-10-4-2-1-3-5-10/h10-11H,1-9H2,(H,15,19)/t11-/m0/s1. The van der Waals surface area contributed by atoms with Crippen molar-refractivity contribution >= 4 is 18.0 Å². The second-order valence-corrected chi connectivity index (χ2v) is 5.99. The van der Waals surface area contributed by atoms with Crippen LogP contribution in [0.5, 0.6) is 0 Å². The minimum absolute atomic E-state index is 0.0792. The molecule has 0 aromatic heterocycles. The van der Waals surface area contributed by atoms with Gasteiger partial charge in [-0.2, -0.15) is 0 Å². The number of urea groups is 1. The van der Waals surface area contributed by atoms with Gasteiger partial charge in [0.05, 0.1) is 6.04 Å². The molecule has 21 heavy (non-hydrogen) atoms. The van der Waals surface area contributed by atoms with Crippen LogP contribution < -0.4 is 5.32 Å². The molecule has 2 saturated heterocycles. The van der Waals surface area contributed by atoms with E-state index in [1.165, 1.54) is 19.3 Å². The van der Waals surface area contributed by atoms with Gasteiger partial charge in [-0.1, -0.05) is 19.3 Å². The molecular weight excluding hydrogens is 274 g/mol. The fraction of sp³-hybridized carbons (Fsp3) is 0.786. The molecule has 3 fully saturated rings. The molecule has 0 bridgehead atoms. The van der Waals surface area contributed by atoms with Gasteiger partial charge in [-0.15, -0.1) is 0 Å². The Balaban J connectivity index is 1.52. The number of carbonyl (C=O) groups is 3. The van der Waals surface area contributed by atoms with Crippen LogP contribution in [0.4, 0.5) is 9.59 Å². The Morgan fingerprint density at radius 3 is 2.57 bits per heavy atom. The van der Waals surface area contributed by atoms with Gasteiger partial charge in [0.25, 0.3) is 5.91 Å². The topological polar surface area (TPSA) is 79.0 Å². The van der Waals surface area contributed by atoms with Gasteiger partial charge < -0.3 is 15.0 Å². The number of amides is 4. The van der Waals surface area contributed by atoms with Crippen LogP contribution in [-0.4, -0.2) is 59.6 Å². The molecule has 0 unspecified atom stereocenters. The van der Waals surface area contributed by atoms with E-state index in [-0.39, 0.29) is 30.6 Å². The SMILES string of the molecule is O=C(NC1CCCCC1)N1CC[C@H](N2C(=O)COC2=O)C1. The number of nitrogens with zero attached hydrogens (tertiary/aromatic N) is 2. The van der Waals surface area contributed by atoms with E-state index in [1.54, 1.807) is 4.90 Å². The Kier molecular flexibility index (Phi) is 3.98. The van der Waals surface area contributed by atoms with Crippen molar-refractivity contribution in [2.75, 3.05) is 19.7 Å². The summed E-state index contributed by atoms with van der Waals surface area (Å²) in [6, 6.07) is -0.0577. The predicted molar refractivity (Wildman–Crippen MR) is 73.6 cm³/mol. The zero-order valence-electron chi connectivity index (χ0n) is 12.0. The van der Waals surface area contributed by atoms with E-state index in [0.717, 1.165) is 17.7 Å². The molecule has 1 saturated carbocycles. The van der Waals surface area contributed by atoms with Crippen molar-refractivity contribution < 1.29 is 19.1 Å². The van der Waals surface area contributed by atoms with Crippen LogP contribution in [0.15, 0.2) is 0 Å². The van der Waals surface area contributed by atoms with Crippen molar-refractivity contribution in [1.82, 2.24) is 15.1 Å². The summed E-state index contributed by atoms with van der Waals surface area (Å²) < 4.78 is 4.73. The van der Waals surface area contributed by atoms with Gasteiger partial charge in [0.15, 0.2) is 6.61 Å². The number of imide groups is 1. The minimum atomic E-state index is -0.584. The molecule has 3 aliphatic rings. The van der Waals surface area contributed by atoms with Crippen molar-refractivity contribution in [2.24, 2.45) is 0 Å². The molecule has 1 N–H and O–H groups in total. The quantitative estimate of drug-likeness (QED) is 0.827. The van der Waals surface area contributed by atoms with Crippen LogP contribution >= 0.6 is 0 Å². The summed E-state index contributed by atoms with van der Waals surface area (Å²) in [4.78, 5) is 38.2. The molecule has 0 aromatic rings. The van der Waals surface area contributed by atoms with Crippen molar-refractivity contribution in [3.8, 4) is 0 Å². The molecule has 2 heterocycles. The highest BCUT2D eigenvalue weighted by atomic mass is 16.6. The molecule has 7 nitrogen and oxygen atoms in total. The van der Waals surface area contributed by atoms with Gasteiger partial charge >= 0.3 is 12.1 Å². The summed E-state index contributed by atoms with van der Waals surface area (Å²) in [6.45, 7) is 0.795. The van der Waals surface area contributed by atoms with Crippen LogP contribution in [0.25, 0.3) is 0 Å². The van der Waals surface area contributed by atoms with Crippen molar-refractivity contribution in [2.45, 2.75) is 50.6 Å². The van der Waals surface area contributed by atoms with Crippen LogP contribution in [-0.2, 0) is 9.53 Å². The first-order chi connectivity index (χ1) is 10.1. The third kappa shape index (κ3) is 2.96. The number of ether oxygens (including phenoxy) is 1. The third-order valence-electron chi connectivity index (χ3n) is 4.53. The highest BCUT2D eigenvalue weighted by Gasteiger charge is 2.41. The molecule has 2 aliphatic heterocycles. The van der Waals surface area contributed by atoms with Crippen LogP contribution in [0.2, 0.25) is 0 Å². The van der Waals surface area contributed by atoms with Gasteiger partial charge in [0, 0.05) is 19.1 Å². The second kappa shape index (κ2) is 5.91. The molecule has 0 aromatic carbocycles. The smallest absolute Gasteiger partial charge is 0.417 e. The molecular formula is C14H21N3O4. The van der Waals surface area contributed by atoms with Gasteiger partial charge in [-0.25, -0.2) is 14.5 Å². The van der Waals surface area contributed by atoms with Gasteiger partial charge in [-0.3, -0.25) is 4.79 Å². The number of cyclic esters (lactones) is 1. The van der Waals surface area contributed by atoms with Crippen LogP contribution in [0.3, 0.4) is 0 Å². The lowest BCUT2D eigenvalue weighted by Crippen LogP contribution is -2.47. The number of carbonyl (C=O) groups excluding carboxylic acids is 3. The normalized spacial score (nSPS) is 27.1. The lowest BCUT2D eigenvalue weighted by molar-refractivity contribution is -0.127. The summed E-state index contributed by atoms with van der Waals surface area (Å²) in [5.74, 6) is -0.306. The Morgan fingerprint density at radius 2 is 1.90 bits per heavy atom. The van der Waals surface area contributed by atoms with E-state index >= 15 is 0 Å². The zero-order chi connectivity index (χ0) is 14.8. The largest absolute Gasteiger partial charge is 0.439 e. The summed E-state index contributed by atoms with van der Waals surface area (Å²) in [6.07, 6.45) is 5.71. The fourth-order valence-electron chi connectivity index (χ4n) is 3.37. The van der Waals surface area contributed by atoms with E-state index in [1.807, 2.05) is 0 Å². The predicted octanol–water partition coefficient (Wildman–Crippen LogP) is 1.08. The molecule has 1 atom stereocenters. The zero-order valence-corrected chi connectivity index (χ0v) is 12.0. The van der Waals surface area contributed by atoms with Crippen molar-refractivity contribution in [3.05, 3.63) is 0 Å². The number of likely N-dealkylation sites (tertiary alicyclic amines) is 1. The highest BCUT2D eigenvalue weighted by Crippen LogP contribution is 2.21. The Bertz CT molecular complexity index is 432. The molecule has 3 rings (SSSR count).